The lowest BCUT2D eigenvalue weighted by molar-refractivity contribution is -0.137. The molecule has 0 unspecified atom stereocenters. The van der Waals surface area contributed by atoms with Crippen LogP contribution in [0.1, 0.15) is 22.8 Å². The van der Waals surface area contributed by atoms with Crippen LogP contribution in [-0.4, -0.2) is 45.7 Å². The molecule has 0 aliphatic rings. The number of ether oxygens (including phenoxy) is 2. The first-order chi connectivity index (χ1) is 14.8. The second kappa shape index (κ2) is 11.1. The standard InChI is InChI=1S/C21H25F3N4O3/c1-4-31-17-10-9-16(13-18(17)30-3)28-20(25-2)27-12-11-26-19(29)14-5-7-15(8-6-14)21(22,23)24/h5-10,13H,4,11-12H2,1-3H3,(H,26,29)(H2,25,27,28). The number of halogens is 3. The number of rotatable bonds is 8. The minimum atomic E-state index is -4.44. The summed E-state index contributed by atoms with van der Waals surface area (Å²) in [7, 11) is 3.15. The van der Waals surface area contributed by atoms with Crippen LogP contribution in [0.3, 0.4) is 0 Å². The zero-order valence-electron chi connectivity index (χ0n) is 17.5. The fourth-order valence-electron chi connectivity index (χ4n) is 2.61. The molecule has 0 aromatic heterocycles. The van der Waals surface area contributed by atoms with Crippen LogP contribution in [-0.2, 0) is 6.18 Å². The van der Waals surface area contributed by atoms with Crippen LogP contribution >= 0.6 is 0 Å². The topological polar surface area (TPSA) is 84.0 Å². The summed E-state index contributed by atoms with van der Waals surface area (Å²) in [6.45, 7) is 2.99. The molecule has 0 saturated carbocycles. The predicted octanol–water partition coefficient (Wildman–Crippen LogP) is 3.53. The van der Waals surface area contributed by atoms with Gasteiger partial charge in [-0.1, -0.05) is 0 Å². The third kappa shape index (κ3) is 7.09. The first-order valence-electron chi connectivity index (χ1n) is 9.52. The molecule has 0 aliphatic heterocycles. The number of hydrogen-bond donors (Lipinski definition) is 3. The molecule has 0 radical (unpaired) electrons. The molecule has 0 heterocycles. The van der Waals surface area contributed by atoms with E-state index in [1.165, 1.54) is 0 Å². The van der Waals surface area contributed by atoms with Crippen molar-refractivity contribution in [2.45, 2.75) is 13.1 Å². The van der Waals surface area contributed by atoms with Gasteiger partial charge in [0.2, 0.25) is 0 Å². The molecule has 0 spiro atoms. The van der Waals surface area contributed by atoms with E-state index >= 15 is 0 Å². The SMILES string of the molecule is CCOc1ccc(NC(=NC)NCCNC(=O)c2ccc(C(F)(F)F)cc2)cc1OC. The van der Waals surface area contributed by atoms with Crippen LogP contribution in [0.15, 0.2) is 47.5 Å². The smallest absolute Gasteiger partial charge is 0.416 e. The lowest BCUT2D eigenvalue weighted by atomic mass is 10.1. The number of nitrogens with zero attached hydrogens (tertiary/aromatic N) is 1. The summed E-state index contributed by atoms with van der Waals surface area (Å²) in [5.74, 6) is 1.21. The van der Waals surface area contributed by atoms with Gasteiger partial charge < -0.3 is 25.4 Å². The maximum Gasteiger partial charge on any atom is 0.416 e. The molecule has 10 heteroatoms. The fourth-order valence-corrected chi connectivity index (χ4v) is 2.61. The summed E-state index contributed by atoms with van der Waals surface area (Å²) in [5, 5.41) is 8.77. The van der Waals surface area contributed by atoms with Crippen molar-refractivity contribution in [3.63, 3.8) is 0 Å². The van der Waals surface area contributed by atoms with Crippen LogP contribution in [0.4, 0.5) is 18.9 Å². The van der Waals surface area contributed by atoms with Gasteiger partial charge in [0, 0.05) is 37.5 Å². The van der Waals surface area contributed by atoms with Crippen molar-refractivity contribution in [3.05, 3.63) is 53.6 Å². The van der Waals surface area contributed by atoms with Gasteiger partial charge in [0.25, 0.3) is 5.91 Å². The number of carbonyl (C=O) groups is 1. The average Bonchev–Trinajstić information content (AvgIpc) is 2.76. The Balaban J connectivity index is 1.83. The Kier molecular flexibility index (Phi) is 8.53. The molecule has 0 bridgehead atoms. The highest BCUT2D eigenvalue weighted by Crippen LogP contribution is 2.30. The minimum absolute atomic E-state index is 0.150. The van der Waals surface area contributed by atoms with Gasteiger partial charge in [-0.15, -0.1) is 0 Å². The predicted molar refractivity (Wildman–Crippen MR) is 113 cm³/mol. The first kappa shape index (κ1) is 23.8. The average molecular weight is 438 g/mol. The summed E-state index contributed by atoms with van der Waals surface area (Å²) >= 11 is 0. The molecule has 0 saturated heterocycles. The fraction of sp³-hybridized carbons (Fsp3) is 0.333. The van der Waals surface area contributed by atoms with E-state index in [9.17, 15) is 18.0 Å². The minimum Gasteiger partial charge on any atom is -0.493 e. The van der Waals surface area contributed by atoms with Crippen molar-refractivity contribution >= 4 is 17.6 Å². The molecular weight excluding hydrogens is 413 g/mol. The van der Waals surface area contributed by atoms with Crippen molar-refractivity contribution in [1.82, 2.24) is 10.6 Å². The van der Waals surface area contributed by atoms with Gasteiger partial charge in [0.1, 0.15) is 0 Å². The molecule has 0 atom stereocenters. The number of anilines is 1. The highest BCUT2D eigenvalue weighted by Gasteiger charge is 2.30. The Bertz CT molecular complexity index is 900. The molecule has 2 rings (SSSR count). The summed E-state index contributed by atoms with van der Waals surface area (Å²) in [5.41, 5.74) is 0.0747. The number of nitrogens with one attached hydrogen (secondary N) is 3. The highest BCUT2D eigenvalue weighted by molar-refractivity contribution is 5.95. The third-order valence-electron chi connectivity index (χ3n) is 4.13. The number of benzene rings is 2. The van der Waals surface area contributed by atoms with Crippen LogP contribution < -0.4 is 25.4 Å². The number of amides is 1. The number of hydrogen-bond acceptors (Lipinski definition) is 4. The van der Waals surface area contributed by atoms with Gasteiger partial charge in [0.15, 0.2) is 17.5 Å². The molecule has 0 aliphatic carbocycles. The maximum atomic E-state index is 12.6. The normalized spacial score (nSPS) is 11.6. The van der Waals surface area contributed by atoms with Crippen molar-refractivity contribution in [3.8, 4) is 11.5 Å². The highest BCUT2D eigenvalue weighted by atomic mass is 19.4. The number of guanidine groups is 1. The molecule has 2 aromatic carbocycles. The third-order valence-corrected chi connectivity index (χ3v) is 4.13. The van der Waals surface area contributed by atoms with Gasteiger partial charge in [0.05, 0.1) is 19.3 Å². The van der Waals surface area contributed by atoms with Crippen LogP contribution in [0.5, 0.6) is 11.5 Å². The largest absolute Gasteiger partial charge is 0.493 e. The Morgan fingerprint density at radius 1 is 1.03 bits per heavy atom. The summed E-state index contributed by atoms with van der Waals surface area (Å²) in [6, 6.07) is 9.41. The van der Waals surface area contributed by atoms with Gasteiger partial charge in [-0.05, 0) is 43.3 Å². The second-order valence-electron chi connectivity index (χ2n) is 6.25. The number of carbonyl (C=O) groups excluding carboxylic acids is 1. The molecular formula is C21H25F3N4O3. The van der Waals surface area contributed by atoms with E-state index in [2.05, 4.69) is 20.9 Å². The van der Waals surface area contributed by atoms with Gasteiger partial charge in [-0.25, -0.2) is 0 Å². The molecule has 31 heavy (non-hydrogen) atoms. The zero-order chi connectivity index (χ0) is 22.9. The van der Waals surface area contributed by atoms with E-state index in [-0.39, 0.29) is 12.1 Å². The van der Waals surface area contributed by atoms with E-state index < -0.39 is 17.6 Å². The Morgan fingerprint density at radius 3 is 2.29 bits per heavy atom. The molecule has 7 nitrogen and oxygen atoms in total. The number of methoxy groups -OCH3 is 1. The maximum absolute atomic E-state index is 12.6. The zero-order valence-corrected chi connectivity index (χ0v) is 17.5. The molecule has 1 amide bonds. The molecule has 168 valence electrons. The van der Waals surface area contributed by atoms with Gasteiger partial charge >= 0.3 is 6.18 Å². The Morgan fingerprint density at radius 2 is 1.71 bits per heavy atom. The van der Waals surface area contributed by atoms with Crippen molar-refractivity contribution in [2.75, 3.05) is 39.2 Å². The Labute approximate surface area is 178 Å². The van der Waals surface area contributed by atoms with Gasteiger partial charge in [-0.3, -0.25) is 9.79 Å². The Hall–Kier alpha value is -3.43. The lowest BCUT2D eigenvalue weighted by Gasteiger charge is -2.15. The van der Waals surface area contributed by atoms with E-state index in [4.69, 9.17) is 9.47 Å². The van der Waals surface area contributed by atoms with Crippen LogP contribution in [0, 0.1) is 0 Å². The second-order valence-corrected chi connectivity index (χ2v) is 6.25. The van der Waals surface area contributed by atoms with E-state index in [1.54, 1.807) is 26.3 Å². The van der Waals surface area contributed by atoms with Crippen molar-refractivity contribution in [2.24, 2.45) is 4.99 Å². The molecule has 0 fully saturated rings. The first-order valence-corrected chi connectivity index (χ1v) is 9.52. The quantitative estimate of drug-likeness (QED) is 0.334. The van der Waals surface area contributed by atoms with Gasteiger partial charge in [-0.2, -0.15) is 13.2 Å². The lowest BCUT2D eigenvalue weighted by Crippen LogP contribution is -2.37. The summed E-state index contributed by atoms with van der Waals surface area (Å²) in [6.07, 6.45) is -4.44. The molecule has 2 aromatic rings. The van der Waals surface area contributed by atoms with E-state index in [1.807, 2.05) is 13.0 Å². The van der Waals surface area contributed by atoms with E-state index in [0.29, 0.717) is 30.6 Å². The van der Waals surface area contributed by atoms with Crippen molar-refractivity contribution < 1.29 is 27.4 Å². The summed E-state index contributed by atoms with van der Waals surface area (Å²) < 4.78 is 48.6. The van der Waals surface area contributed by atoms with Crippen molar-refractivity contribution in [1.29, 1.82) is 0 Å². The van der Waals surface area contributed by atoms with E-state index in [0.717, 1.165) is 30.0 Å². The van der Waals surface area contributed by atoms with Crippen LogP contribution in [0.2, 0.25) is 0 Å². The summed E-state index contributed by atoms with van der Waals surface area (Å²) in [4.78, 5) is 16.2. The van der Waals surface area contributed by atoms with Crippen LogP contribution in [0.25, 0.3) is 0 Å². The number of aliphatic imine (C=N–C) groups is 1. The molecule has 3 N–H and O–H groups in total. The monoisotopic (exact) mass is 438 g/mol. The number of alkyl halides is 3.